The second kappa shape index (κ2) is 5.19. The van der Waals surface area contributed by atoms with Crippen molar-refractivity contribution >= 4 is 39.8 Å². The van der Waals surface area contributed by atoms with E-state index >= 15 is 0 Å². The third-order valence-electron chi connectivity index (χ3n) is 2.79. The number of nitrogens with zero attached hydrogens (tertiary/aromatic N) is 2. The molecule has 100 valence electrons. The smallest absolute Gasteiger partial charge is 0.195 e. The lowest BCUT2D eigenvalue weighted by Gasteiger charge is -1.97. The van der Waals surface area contributed by atoms with Crippen LogP contribution in [0.5, 0.6) is 0 Å². The van der Waals surface area contributed by atoms with Crippen LogP contribution in [-0.2, 0) is 0 Å². The highest BCUT2D eigenvalue weighted by molar-refractivity contribution is 7.15. The summed E-state index contributed by atoms with van der Waals surface area (Å²) in [6.07, 6.45) is 4.65. The highest BCUT2D eigenvalue weighted by Gasteiger charge is 2.11. The van der Waals surface area contributed by atoms with Crippen molar-refractivity contribution < 1.29 is 9.18 Å². The number of aromatic nitrogens is 2. The Labute approximate surface area is 123 Å². The standard InChI is InChI=1S/C14H8ClFN2OS/c15-13-11(18-7-8-20-14(18)17-13)5-6-12(19)9-3-1-2-4-10(9)16/h1-8H/b6-5+. The molecule has 0 amide bonds. The molecule has 0 atom stereocenters. The molecule has 0 aliphatic heterocycles. The van der Waals surface area contributed by atoms with E-state index < -0.39 is 11.6 Å². The third kappa shape index (κ3) is 2.26. The Morgan fingerprint density at radius 2 is 2.20 bits per heavy atom. The van der Waals surface area contributed by atoms with E-state index in [0.29, 0.717) is 10.8 Å². The quantitative estimate of drug-likeness (QED) is 0.539. The van der Waals surface area contributed by atoms with E-state index in [-0.39, 0.29) is 5.56 Å². The topological polar surface area (TPSA) is 34.4 Å². The molecule has 0 unspecified atom stereocenters. The molecule has 1 aromatic carbocycles. The lowest BCUT2D eigenvalue weighted by molar-refractivity contribution is 0.104. The number of benzene rings is 1. The Hall–Kier alpha value is -1.98. The molecule has 3 nitrogen and oxygen atoms in total. The van der Waals surface area contributed by atoms with E-state index in [0.717, 1.165) is 4.96 Å². The molecular formula is C14H8ClFN2OS. The van der Waals surface area contributed by atoms with Gasteiger partial charge in [0, 0.05) is 11.6 Å². The van der Waals surface area contributed by atoms with Gasteiger partial charge in [-0.1, -0.05) is 23.7 Å². The molecule has 0 N–H and O–H groups in total. The van der Waals surface area contributed by atoms with Gasteiger partial charge in [-0.15, -0.1) is 11.3 Å². The van der Waals surface area contributed by atoms with E-state index in [1.807, 2.05) is 11.6 Å². The fraction of sp³-hybridized carbons (Fsp3) is 0. The summed E-state index contributed by atoms with van der Waals surface area (Å²) in [5.74, 6) is -0.952. The van der Waals surface area contributed by atoms with E-state index in [2.05, 4.69) is 4.98 Å². The lowest BCUT2D eigenvalue weighted by atomic mass is 10.1. The predicted molar refractivity (Wildman–Crippen MR) is 77.8 cm³/mol. The van der Waals surface area contributed by atoms with Crippen LogP contribution in [0.15, 0.2) is 41.9 Å². The van der Waals surface area contributed by atoms with Crippen molar-refractivity contribution in [2.24, 2.45) is 0 Å². The number of carbonyl (C=O) groups is 1. The van der Waals surface area contributed by atoms with Crippen LogP contribution in [0.3, 0.4) is 0 Å². The molecule has 0 fully saturated rings. The van der Waals surface area contributed by atoms with Gasteiger partial charge in [-0.2, -0.15) is 0 Å². The van der Waals surface area contributed by atoms with Crippen molar-refractivity contribution in [2.45, 2.75) is 0 Å². The molecule has 0 aliphatic carbocycles. The van der Waals surface area contributed by atoms with Crippen LogP contribution in [0.4, 0.5) is 4.39 Å². The van der Waals surface area contributed by atoms with Gasteiger partial charge in [-0.25, -0.2) is 9.37 Å². The second-order valence-electron chi connectivity index (χ2n) is 4.02. The Bertz CT molecular complexity index is 822. The van der Waals surface area contributed by atoms with Gasteiger partial charge in [-0.05, 0) is 24.3 Å². The number of thiazole rings is 1. The van der Waals surface area contributed by atoms with Crippen LogP contribution in [0.2, 0.25) is 5.15 Å². The zero-order valence-electron chi connectivity index (χ0n) is 10.1. The van der Waals surface area contributed by atoms with E-state index in [1.54, 1.807) is 22.6 Å². The highest BCUT2D eigenvalue weighted by Crippen LogP contribution is 2.22. The number of ketones is 1. The van der Waals surface area contributed by atoms with Gasteiger partial charge in [0.2, 0.25) is 0 Å². The molecule has 0 bridgehead atoms. The first kappa shape index (κ1) is 13.0. The van der Waals surface area contributed by atoms with E-state index in [9.17, 15) is 9.18 Å². The summed E-state index contributed by atoms with van der Waals surface area (Å²) in [5, 5.41) is 2.18. The molecule has 20 heavy (non-hydrogen) atoms. The van der Waals surface area contributed by atoms with Crippen LogP contribution < -0.4 is 0 Å². The lowest BCUT2D eigenvalue weighted by Crippen LogP contribution is -1.98. The second-order valence-corrected chi connectivity index (χ2v) is 5.25. The summed E-state index contributed by atoms with van der Waals surface area (Å²) in [4.78, 5) is 16.8. The molecule has 0 radical (unpaired) electrons. The average molecular weight is 307 g/mol. The maximum Gasteiger partial charge on any atom is 0.195 e. The van der Waals surface area contributed by atoms with Crippen LogP contribution in [0, 0.1) is 5.82 Å². The SMILES string of the molecule is O=C(/C=C/c1c(Cl)nc2sccn12)c1ccccc1F. The fourth-order valence-electron chi connectivity index (χ4n) is 1.83. The molecule has 2 heterocycles. The Morgan fingerprint density at radius 3 is 3.00 bits per heavy atom. The molecule has 0 aliphatic rings. The van der Waals surface area contributed by atoms with E-state index in [4.69, 9.17) is 11.6 Å². The summed E-state index contributed by atoms with van der Waals surface area (Å²) in [6.45, 7) is 0. The third-order valence-corrected chi connectivity index (χ3v) is 3.82. The minimum atomic E-state index is -0.540. The van der Waals surface area contributed by atoms with Gasteiger partial charge in [0.15, 0.2) is 15.9 Å². The molecule has 0 saturated carbocycles. The van der Waals surface area contributed by atoms with Crippen molar-refractivity contribution in [3.63, 3.8) is 0 Å². The predicted octanol–water partition coefficient (Wildman–Crippen LogP) is 4.08. The zero-order chi connectivity index (χ0) is 14.1. The monoisotopic (exact) mass is 306 g/mol. The zero-order valence-corrected chi connectivity index (χ0v) is 11.7. The Balaban J connectivity index is 1.94. The maximum absolute atomic E-state index is 13.5. The van der Waals surface area contributed by atoms with Gasteiger partial charge in [0.25, 0.3) is 0 Å². The van der Waals surface area contributed by atoms with Crippen LogP contribution >= 0.6 is 22.9 Å². The first-order chi connectivity index (χ1) is 9.66. The largest absolute Gasteiger partial charge is 0.289 e. The molecule has 6 heteroatoms. The number of carbonyl (C=O) groups excluding carboxylic acids is 1. The molecule has 0 spiro atoms. The summed E-state index contributed by atoms with van der Waals surface area (Å²) >= 11 is 7.45. The number of hydrogen-bond donors (Lipinski definition) is 0. The normalized spacial score (nSPS) is 11.5. The van der Waals surface area contributed by atoms with Crippen LogP contribution in [-0.4, -0.2) is 15.2 Å². The number of fused-ring (bicyclic) bond motifs is 1. The number of hydrogen-bond acceptors (Lipinski definition) is 3. The summed E-state index contributed by atoms with van der Waals surface area (Å²) < 4.78 is 15.3. The van der Waals surface area contributed by atoms with Gasteiger partial charge in [0.1, 0.15) is 5.82 Å². The van der Waals surface area contributed by atoms with Crippen LogP contribution in [0.25, 0.3) is 11.0 Å². The van der Waals surface area contributed by atoms with Crippen molar-refractivity contribution in [1.82, 2.24) is 9.38 Å². The van der Waals surface area contributed by atoms with Gasteiger partial charge in [-0.3, -0.25) is 9.20 Å². The van der Waals surface area contributed by atoms with Gasteiger partial charge >= 0.3 is 0 Å². The minimum Gasteiger partial charge on any atom is -0.289 e. The maximum atomic E-state index is 13.5. The minimum absolute atomic E-state index is 0.0333. The van der Waals surface area contributed by atoms with Crippen molar-refractivity contribution in [2.75, 3.05) is 0 Å². The summed E-state index contributed by atoms with van der Waals surface area (Å²) in [5.41, 5.74) is 0.638. The number of imidazole rings is 1. The molecule has 3 aromatic rings. The molecule has 2 aromatic heterocycles. The fourth-order valence-corrected chi connectivity index (χ4v) is 2.84. The molecular weight excluding hydrogens is 299 g/mol. The number of rotatable bonds is 3. The van der Waals surface area contributed by atoms with E-state index in [1.165, 1.54) is 29.5 Å². The molecule has 0 saturated heterocycles. The first-order valence-electron chi connectivity index (χ1n) is 5.75. The first-order valence-corrected chi connectivity index (χ1v) is 7.00. The van der Waals surface area contributed by atoms with Gasteiger partial charge in [0.05, 0.1) is 11.3 Å². The summed E-state index contributed by atoms with van der Waals surface area (Å²) in [7, 11) is 0. The Kier molecular flexibility index (Phi) is 3.38. The highest BCUT2D eigenvalue weighted by atomic mass is 35.5. The van der Waals surface area contributed by atoms with Crippen LogP contribution in [0.1, 0.15) is 16.1 Å². The average Bonchev–Trinajstić information content (AvgIpc) is 2.97. The van der Waals surface area contributed by atoms with Crippen molar-refractivity contribution in [1.29, 1.82) is 0 Å². The summed E-state index contributed by atoms with van der Waals surface area (Å²) in [6, 6.07) is 5.86. The molecule has 3 rings (SSSR count). The van der Waals surface area contributed by atoms with Gasteiger partial charge < -0.3 is 0 Å². The Morgan fingerprint density at radius 1 is 1.40 bits per heavy atom. The number of halogens is 2. The van der Waals surface area contributed by atoms with Crippen molar-refractivity contribution in [3.05, 3.63) is 64.1 Å². The number of allylic oxidation sites excluding steroid dienone is 1. The van der Waals surface area contributed by atoms with Crippen molar-refractivity contribution in [3.8, 4) is 0 Å².